The second-order valence-electron chi connectivity index (χ2n) is 9.57. The number of anilines is 2. The first kappa shape index (κ1) is 33.7. The van der Waals surface area contributed by atoms with Gasteiger partial charge in [-0.25, -0.2) is 13.2 Å². The first-order valence-electron chi connectivity index (χ1n) is 12.3. The van der Waals surface area contributed by atoms with E-state index in [0.717, 1.165) is 32.0 Å². The van der Waals surface area contributed by atoms with Gasteiger partial charge in [-0.15, -0.1) is 0 Å². The van der Waals surface area contributed by atoms with Crippen LogP contribution in [0.15, 0.2) is 59.1 Å². The molecule has 0 saturated heterocycles. The molecule has 3 aromatic rings. The minimum Gasteiger partial charge on any atom is -0.487 e. The number of ether oxygens (including phenoxy) is 1. The fourth-order valence-corrected chi connectivity index (χ4v) is 3.97. The van der Waals surface area contributed by atoms with Crippen LogP contribution in [0.4, 0.5) is 37.7 Å². The Bertz CT molecular complexity index is 1530. The van der Waals surface area contributed by atoms with Gasteiger partial charge in [0, 0.05) is 16.7 Å². The lowest BCUT2D eigenvalue weighted by atomic mass is 9.91. The second kappa shape index (κ2) is 13.7. The maximum absolute atomic E-state index is 14.3. The molecule has 0 aliphatic carbocycles. The van der Waals surface area contributed by atoms with E-state index >= 15 is 0 Å². The summed E-state index contributed by atoms with van der Waals surface area (Å²) in [6.45, 7) is 0.0776. The van der Waals surface area contributed by atoms with Gasteiger partial charge in [0.05, 0.1) is 21.8 Å². The average Bonchev–Trinajstić information content (AvgIpc) is 2.92. The van der Waals surface area contributed by atoms with Crippen molar-refractivity contribution in [1.82, 2.24) is 5.32 Å². The van der Waals surface area contributed by atoms with Gasteiger partial charge in [-0.2, -0.15) is 13.2 Å². The van der Waals surface area contributed by atoms with Crippen LogP contribution in [0.25, 0.3) is 0 Å². The predicted octanol–water partition coefficient (Wildman–Crippen LogP) is 7.59. The lowest BCUT2D eigenvalue weighted by Crippen LogP contribution is -2.46. The fraction of sp³-hybridized carbons (Fsp3) is 0.250. The molecule has 0 saturated carbocycles. The van der Waals surface area contributed by atoms with Gasteiger partial charge in [0.1, 0.15) is 23.6 Å². The Kier molecular flexibility index (Phi) is 10.7. The van der Waals surface area contributed by atoms with E-state index in [2.05, 4.69) is 31.9 Å². The van der Waals surface area contributed by atoms with Crippen LogP contribution in [-0.2, 0) is 11.3 Å². The van der Waals surface area contributed by atoms with Crippen molar-refractivity contribution in [3.63, 3.8) is 0 Å². The Morgan fingerprint density at radius 1 is 0.930 bits per heavy atom. The Hall–Kier alpha value is -3.78. The molecule has 0 aromatic heterocycles. The highest BCUT2D eigenvalue weighted by atomic mass is 79.9. The van der Waals surface area contributed by atoms with E-state index in [9.17, 15) is 40.7 Å². The van der Waals surface area contributed by atoms with E-state index in [0.29, 0.717) is 4.47 Å². The van der Waals surface area contributed by atoms with Crippen LogP contribution in [0.5, 0.6) is 5.75 Å². The van der Waals surface area contributed by atoms with Gasteiger partial charge in [0.25, 0.3) is 18.2 Å². The Morgan fingerprint density at radius 2 is 1.60 bits per heavy atom. The Morgan fingerprint density at radius 3 is 2.23 bits per heavy atom. The van der Waals surface area contributed by atoms with Crippen molar-refractivity contribution in [1.29, 1.82) is 0 Å². The highest BCUT2D eigenvalue weighted by Gasteiger charge is 2.52. The molecule has 0 aliphatic heterocycles. The maximum Gasteiger partial charge on any atom is 0.402 e. The quantitative estimate of drug-likeness (QED) is 0.191. The largest absolute Gasteiger partial charge is 0.487 e. The number of hydrogen-bond donors (Lipinski definition) is 3. The summed E-state index contributed by atoms with van der Waals surface area (Å²) in [4.78, 5) is 38.2. The third-order valence-electron chi connectivity index (χ3n) is 6.03. The number of nitrogens with one attached hydrogen (secondary N) is 3. The van der Waals surface area contributed by atoms with Gasteiger partial charge in [-0.3, -0.25) is 14.4 Å². The van der Waals surface area contributed by atoms with E-state index in [1.807, 2.05) is 0 Å². The molecule has 43 heavy (non-hydrogen) atoms. The minimum atomic E-state index is -4.79. The molecule has 0 atom stereocenters. The van der Waals surface area contributed by atoms with Crippen LogP contribution < -0.4 is 20.7 Å². The zero-order valence-corrected chi connectivity index (χ0v) is 24.7. The molecule has 0 spiro atoms. The standard InChI is InChI=1S/C28H23BrClF6N3O4/c1-27(2,28(34,35)36)26(42)37-12-14-3-6-19(30)17(9-14)24(40)38-16-5-8-22(43-13-23(32)33)18(11-16)25(41)39-21-7-4-15(29)10-20(21)31/h3-11,23H,12-13H2,1-2H3,(H,37,42)(H,38,40)(H,39,41). The van der Waals surface area contributed by atoms with Crippen molar-refractivity contribution in [2.24, 2.45) is 5.41 Å². The van der Waals surface area contributed by atoms with E-state index < -0.39 is 48.2 Å². The highest BCUT2D eigenvalue weighted by molar-refractivity contribution is 9.10. The zero-order chi connectivity index (χ0) is 32.1. The summed E-state index contributed by atoms with van der Waals surface area (Å²) in [6.07, 6.45) is -7.65. The number of benzene rings is 3. The molecular formula is C28H23BrClF6N3O4. The van der Waals surface area contributed by atoms with Gasteiger partial charge in [-0.05, 0) is 67.9 Å². The first-order chi connectivity index (χ1) is 20.0. The summed E-state index contributed by atoms with van der Waals surface area (Å²) in [5.74, 6) is -4.07. The second-order valence-corrected chi connectivity index (χ2v) is 10.9. The van der Waals surface area contributed by atoms with Gasteiger partial charge >= 0.3 is 6.18 Å². The third kappa shape index (κ3) is 8.63. The lowest BCUT2D eigenvalue weighted by molar-refractivity contribution is -0.211. The van der Waals surface area contributed by atoms with Crippen LogP contribution in [0.1, 0.15) is 40.1 Å². The summed E-state index contributed by atoms with van der Waals surface area (Å²) in [7, 11) is 0. The summed E-state index contributed by atoms with van der Waals surface area (Å²) in [5, 5.41) is 6.94. The third-order valence-corrected chi connectivity index (χ3v) is 6.85. The van der Waals surface area contributed by atoms with Crippen molar-refractivity contribution in [3.05, 3.63) is 86.6 Å². The predicted molar refractivity (Wildman–Crippen MR) is 151 cm³/mol. The van der Waals surface area contributed by atoms with E-state index in [4.69, 9.17) is 16.3 Å². The molecule has 0 aliphatic rings. The Balaban J connectivity index is 1.83. The average molecular weight is 695 g/mol. The topological polar surface area (TPSA) is 96.5 Å². The summed E-state index contributed by atoms with van der Waals surface area (Å²) in [6, 6.07) is 11.3. The van der Waals surface area contributed by atoms with Crippen LogP contribution in [-0.4, -0.2) is 36.9 Å². The molecule has 230 valence electrons. The molecule has 7 nitrogen and oxygen atoms in total. The number of alkyl halides is 5. The highest BCUT2D eigenvalue weighted by Crippen LogP contribution is 2.37. The SMILES string of the molecule is CC(C)(C(=O)NCc1ccc(Cl)c(C(=O)Nc2ccc(OCC(F)F)c(C(=O)Nc3ccc(Br)cc3F)c2)c1)C(F)(F)F. The Labute approximate surface area is 255 Å². The van der Waals surface area contributed by atoms with Crippen LogP contribution in [0.2, 0.25) is 5.02 Å². The molecule has 0 radical (unpaired) electrons. The van der Waals surface area contributed by atoms with Crippen LogP contribution in [0.3, 0.4) is 0 Å². The van der Waals surface area contributed by atoms with Gasteiger partial charge in [0.15, 0.2) is 0 Å². The van der Waals surface area contributed by atoms with Crippen LogP contribution >= 0.6 is 27.5 Å². The zero-order valence-electron chi connectivity index (χ0n) is 22.3. The molecule has 0 unspecified atom stereocenters. The smallest absolute Gasteiger partial charge is 0.402 e. The van der Waals surface area contributed by atoms with Crippen molar-refractivity contribution in [2.75, 3.05) is 17.2 Å². The van der Waals surface area contributed by atoms with E-state index in [1.54, 1.807) is 0 Å². The molecule has 0 bridgehead atoms. The number of carbonyl (C=O) groups is 3. The van der Waals surface area contributed by atoms with Crippen LogP contribution in [0, 0.1) is 11.2 Å². The minimum absolute atomic E-state index is 0.00229. The molecule has 0 fully saturated rings. The molecule has 0 heterocycles. The fourth-order valence-electron chi connectivity index (χ4n) is 3.43. The van der Waals surface area contributed by atoms with Crippen molar-refractivity contribution >= 4 is 56.6 Å². The number of rotatable bonds is 10. The molecule has 3 aromatic carbocycles. The van der Waals surface area contributed by atoms with Gasteiger partial charge < -0.3 is 20.7 Å². The van der Waals surface area contributed by atoms with Crippen molar-refractivity contribution in [3.8, 4) is 5.75 Å². The molecule has 15 heteroatoms. The normalized spacial score (nSPS) is 11.7. The molecule has 3 amide bonds. The van der Waals surface area contributed by atoms with E-state index in [-0.39, 0.29) is 45.4 Å². The monoisotopic (exact) mass is 693 g/mol. The first-order valence-corrected chi connectivity index (χ1v) is 13.4. The molecular weight excluding hydrogens is 672 g/mol. The summed E-state index contributed by atoms with van der Waals surface area (Å²) in [5.41, 5.74) is -3.04. The number of halogens is 8. The van der Waals surface area contributed by atoms with E-state index in [1.165, 1.54) is 36.4 Å². The van der Waals surface area contributed by atoms with Crippen molar-refractivity contribution < 1.29 is 45.5 Å². The van der Waals surface area contributed by atoms with Gasteiger partial charge in [-0.1, -0.05) is 33.6 Å². The number of carbonyl (C=O) groups excluding carboxylic acids is 3. The van der Waals surface area contributed by atoms with Crippen molar-refractivity contribution in [2.45, 2.75) is 33.0 Å². The number of hydrogen-bond acceptors (Lipinski definition) is 4. The summed E-state index contributed by atoms with van der Waals surface area (Å²) < 4.78 is 84.7. The van der Waals surface area contributed by atoms with Gasteiger partial charge in [0.2, 0.25) is 5.91 Å². The summed E-state index contributed by atoms with van der Waals surface area (Å²) >= 11 is 9.25. The molecule has 3 rings (SSSR count). The lowest BCUT2D eigenvalue weighted by Gasteiger charge is -2.26. The molecule has 3 N–H and O–H groups in total. The maximum atomic E-state index is 14.3. The number of amides is 3.